The summed E-state index contributed by atoms with van der Waals surface area (Å²) in [6.07, 6.45) is 3.31. The lowest BCUT2D eigenvalue weighted by Gasteiger charge is -2.28. The predicted octanol–water partition coefficient (Wildman–Crippen LogP) is 5.09. The van der Waals surface area contributed by atoms with Crippen molar-refractivity contribution in [1.82, 2.24) is 4.90 Å². The molecule has 1 aliphatic rings. The lowest BCUT2D eigenvalue weighted by Crippen LogP contribution is -2.37. The van der Waals surface area contributed by atoms with E-state index in [4.69, 9.17) is 0 Å². The van der Waals surface area contributed by atoms with Crippen LogP contribution >= 0.6 is 27.3 Å². The van der Waals surface area contributed by atoms with Crippen molar-refractivity contribution in [1.29, 1.82) is 0 Å². The topological polar surface area (TPSA) is 49.4 Å². The van der Waals surface area contributed by atoms with Gasteiger partial charge in [0.25, 0.3) is 0 Å². The number of rotatable bonds is 3. The molecule has 140 valence electrons. The van der Waals surface area contributed by atoms with Crippen LogP contribution in [0.2, 0.25) is 0 Å². The second-order valence-corrected chi connectivity index (χ2v) is 8.30. The van der Waals surface area contributed by atoms with Gasteiger partial charge >= 0.3 is 0 Å². The van der Waals surface area contributed by atoms with Crippen LogP contribution in [-0.2, 0) is 9.59 Å². The van der Waals surface area contributed by atoms with Crippen LogP contribution in [0.4, 0.5) is 5.69 Å². The molecule has 4 nitrogen and oxygen atoms in total. The minimum absolute atomic E-state index is 0.00711. The molecule has 0 bridgehead atoms. The van der Waals surface area contributed by atoms with Gasteiger partial charge in [-0.25, -0.2) is 0 Å². The van der Waals surface area contributed by atoms with Gasteiger partial charge in [-0.3, -0.25) is 9.59 Å². The highest BCUT2D eigenvalue weighted by molar-refractivity contribution is 9.10. The van der Waals surface area contributed by atoms with Crippen LogP contribution in [0.15, 0.2) is 76.6 Å². The third-order valence-electron chi connectivity index (χ3n) is 4.52. The van der Waals surface area contributed by atoms with Crippen molar-refractivity contribution in [3.05, 3.63) is 92.6 Å². The Bertz CT molecular complexity index is 1030. The fourth-order valence-electron chi connectivity index (χ4n) is 3.26. The van der Waals surface area contributed by atoms with E-state index in [1.165, 1.54) is 6.08 Å². The number of benzene rings is 2. The van der Waals surface area contributed by atoms with Gasteiger partial charge in [0.05, 0.1) is 6.04 Å². The second kappa shape index (κ2) is 8.12. The Balaban J connectivity index is 1.76. The van der Waals surface area contributed by atoms with Crippen LogP contribution in [-0.4, -0.2) is 23.3 Å². The largest absolute Gasteiger partial charge is 0.324 e. The summed E-state index contributed by atoms with van der Waals surface area (Å²) in [6, 6.07) is 19.0. The van der Waals surface area contributed by atoms with Crippen LogP contribution in [0.25, 0.3) is 6.08 Å². The Morgan fingerprint density at radius 1 is 1.14 bits per heavy atom. The van der Waals surface area contributed by atoms with Gasteiger partial charge in [0, 0.05) is 26.7 Å². The lowest BCUT2D eigenvalue weighted by atomic mass is 10.0. The minimum Gasteiger partial charge on any atom is -0.324 e. The van der Waals surface area contributed by atoms with Gasteiger partial charge in [0.15, 0.2) is 0 Å². The van der Waals surface area contributed by atoms with Crippen molar-refractivity contribution in [3.63, 3.8) is 0 Å². The Morgan fingerprint density at radius 3 is 2.71 bits per heavy atom. The molecule has 4 rings (SSSR count). The van der Waals surface area contributed by atoms with Gasteiger partial charge in [-0.15, -0.1) is 11.3 Å². The lowest BCUT2D eigenvalue weighted by molar-refractivity contribution is -0.131. The number of anilines is 1. The maximum atomic E-state index is 13.1. The van der Waals surface area contributed by atoms with Gasteiger partial charge in [0.2, 0.25) is 11.8 Å². The number of hydrogen-bond donors (Lipinski definition) is 1. The number of carbonyl (C=O) groups excluding carboxylic acids is 2. The van der Waals surface area contributed by atoms with E-state index in [1.54, 1.807) is 22.3 Å². The van der Waals surface area contributed by atoms with Crippen LogP contribution < -0.4 is 5.32 Å². The summed E-state index contributed by atoms with van der Waals surface area (Å²) in [5, 5.41) is 4.91. The average molecular weight is 453 g/mol. The van der Waals surface area contributed by atoms with Crippen LogP contribution in [0.5, 0.6) is 0 Å². The summed E-state index contributed by atoms with van der Waals surface area (Å²) in [5.41, 5.74) is 2.56. The average Bonchev–Trinajstić information content (AvgIpc) is 3.18. The molecular formula is C22H17BrN2O2S. The number of fused-ring (bicyclic) bond motifs is 1. The monoisotopic (exact) mass is 452 g/mol. The van der Waals surface area contributed by atoms with Crippen LogP contribution in [0.3, 0.4) is 0 Å². The molecular weight excluding hydrogens is 436 g/mol. The SMILES string of the molecule is O=C1CN(C(=O)/C=C/c2ccccc2)C(c2cccs2)c2cc(Br)ccc2N1. The van der Waals surface area contributed by atoms with Gasteiger partial charge in [-0.1, -0.05) is 52.3 Å². The summed E-state index contributed by atoms with van der Waals surface area (Å²) in [4.78, 5) is 28.3. The molecule has 1 aromatic heterocycles. The van der Waals surface area contributed by atoms with Gasteiger partial charge in [0.1, 0.15) is 6.54 Å². The Morgan fingerprint density at radius 2 is 1.96 bits per heavy atom. The molecule has 0 spiro atoms. The van der Waals surface area contributed by atoms with E-state index in [-0.39, 0.29) is 24.4 Å². The molecule has 2 heterocycles. The first kappa shape index (κ1) is 18.7. The summed E-state index contributed by atoms with van der Waals surface area (Å²) < 4.78 is 0.899. The number of thiophene rings is 1. The van der Waals surface area contributed by atoms with Crippen molar-refractivity contribution < 1.29 is 9.59 Å². The Labute approximate surface area is 175 Å². The number of nitrogens with one attached hydrogen (secondary N) is 1. The first-order chi connectivity index (χ1) is 13.6. The van der Waals surface area contributed by atoms with Gasteiger partial charge in [-0.2, -0.15) is 0 Å². The first-order valence-corrected chi connectivity index (χ1v) is 10.5. The molecule has 0 aliphatic carbocycles. The molecule has 0 fully saturated rings. The van der Waals surface area contributed by atoms with E-state index in [1.807, 2.05) is 66.0 Å². The molecule has 28 heavy (non-hydrogen) atoms. The molecule has 6 heteroatoms. The molecule has 0 saturated heterocycles. The zero-order chi connectivity index (χ0) is 19.5. The highest BCUT2D eigenvalue weighted by Crippen LogP contribution is 2.39. The number of carbonyl (C=O) groups is 2. The van der Waals surface area contributed by atoms with E-state index in [2.05, 4.69) is 21.2 Å². The van der Waals surface area contributed by atoms with Gasteiger partial charge in [-0.05, 0) is 41.3 Å². The predicted molar refractivity (Wildman–Crippen MR) is 116 cm³/mol. The van der Waals surface area contributed by atoms with Crippen molar-refractivity contribution in [3.8, 4) is 0 Å². The zero-order valence-corrected chi connectivity index (χ0v) is 17.2. The van der Waals surface area contributed by atoms with Crippen LogP contribution in [0, 0.1) is 0 Å². The zero-order valence-electron chi connectivity index (χ0n) is 14.8. The molecule has 1 N–H and O–H groups in total. The third-order valence-corrected chi connectivity index (χ3v) is 5.94. The van der Waals surface area contributed by atoms with Crippen molar-refractivity contribution in [2.24, 2.45) is 0 Å². The number of halogens is 1. The molecule has 1 aliphatic heterocycles. The molecule has 0 saturated carbocycles. The van der Waals surface area contributed by atoms with E-state index in [0.717, 1.165) is 26.2 Å². The van der Waals surface area contributed by atoms with E-state index in [0.29, 0.717) is 0 Å². The maximum Gasteiger partial charge on any atom is 0.247 e. The van der Waals surface area contributed by atoms with Crippen molar-refractivity contribution in [2.75, 3.05) is 11.9 Å². The fraction of sp³-hybridized carbons (Fsp3) is 0.0909. The van der Waals surface area contributed by atoms with Crippen molar-refractivity contribution in [2.45, 2.75) is 6.04 Å². The second-order valence-electron chi connectivity index (χ2n) is 6.41. The number of amides is 2. The normalized spacial score (nSPS) is 16.5. The molecule has 1 unspecified atom stereocenters. The summed E-state index contributed by atoms with van der Waals surface area (Å²) in [6.45, 7) is -0.00711. The van der Waals surface area contributed by atoms with E-state index >= 15 is 0 Å². The minimum atomic E-state index is -0.334. The summed E-state index contributed by atoms with van der Waals surface area (Å²) >= 11 is 5.09. The highest BCUT2D eigenvalue weighted by atomic mass is 79.9. The van der Waals surface area contributed by atoms with E-state index < -0.39 is 0 Å². The molecule has 2 aromatic carbocycles. The standard InChI is InChI=1S/C22H17BrN2O2S/c23-16-9-10-18-17(13-16)22(19-7-4-12-28-19)25(14-20(26)24-18)21(27)11-8-15-5-2-1-3-6-15/h1-13,22H,14H2,(H,24,26)/b11-8+. The third kappa shape index (κ3) is 3.93. The maximum absolute atomic E-state index is 13.1. The van der Waals surface area contributed by atoms with Gasteiger partial charge < -0.3 is 10.2 Å². The fourth-order valence-corrected chi connectivity index (χ4v) is 4.50. The quantitative estimate of drug-likeness (QED) is 0.562. The molecule has 1 atom stereocenters. The molecule has 0 radical (unpaired) electrons. The molecule has 3 aromatic rings. The Hall–Kier alpha value is -2.70. The summed E-state index contributed by atoms with van der Waals surface area (Å²) in [5.74, 6) is -0.408. The Kier molecular flexibility index (Phi) is 5.41. The van der Waals surface area contributed by atoms with Crippen molar-refractivity contribution >= 4 is 50.8 Å². The number of nitrogens with zero attached hydrogens (tertiary/aromatic N) is 1. The molecule has 2 amide bonds. The van der Waals surface area contributed by atoms with E-state index in [9.17, 15) is 9.59 Å². The smallest absolute Gasteiger partial charge is 0.247 e. The highest BCUT2D eigenvalue weighted by Gasteiger charge is 2.33. The summed E-state index contributed by atoms with van der Waals surface area (Å²) in [7, 11) is 0. The number of hydrogen-bond acceptors (Lipinski definition) is 3. The first-order valence-electron chi connectivity index (χ1n) is 8.78. The van der Waals surface area contributed by atoms with Crippen LogP contribution in [0.1, 0.15) is 22.0 Å².